The Bertz CT molecular complexity index is 1050. The molecule has 4 heteroatoms. The molecule has 0 aliphatic rings. The van der Waals surface area contributed by atoms with Crippen LogP contribution in [0, 0.1) is 5.82 Å². The Kier molecular flexibility index (Phi) is 3.36. The SMILES string of the molecule is Fc1cccc(C=Cc2ccc3[nH]c4nccc(Cl)c4c3c2)c1. The summed E-state index contributed by atoms with van der Waals surface area (Å²) in [6, 6.07) is 14.3. The van der Waals surface area contributed by atoms with Crippen molar-refractivity contribution in [1.29, 1.82) is 0 Å². The predicted octanol–water partition coefficient (Wildman–Crippen LogP) is 5.68. The topological polar surface area (TPSA) is 28.7 Å². The summed E-state index contributed by atoms with van der Waals surface area (Å²) >= 11 is 6.30. The number of rotatable bonds is 2. The first-order valence-corrected chi connectivity index (χ1v) is 7.58. The molecule has 0 unspecified atom stereocenters. The van der Waals surface area contributed by atoms with Gasteiger partial charge in [-0.05, 0) is 41.5 Å². The minimum atomic E-state index is -0.239. The van der Waals surface area contributed by atoms with Crippen molar-refractivity contribution in [3.63, 3.8) is 0 Å². The van der Waals surface area contributed by atoms with Gasteiger partial charge in [-0.2, -0.15) is 0 Å². The Morgan fingerprint density at radius 1 is 1.00 bits per heavy atom. The Morgan fingerprint density at radius 2 is 1.83 bits per heavy atom. The van der Waals surface area contributed by atoms with Gasteiger partial charge in [0, 0.05) is 22.5 Å². The van der Waals surface area contributed by atoms with Crippen LogP contribution in [0.5, 0.6) is 0 Å². The van der Waals surface area contributed by atoms with Crippen molar-refractivity contribution in [1.82, 2.24) is 9.97 Å². The molecular formula is C19H12ClFN2. The van der Waals surface area contributed by atoms with E-state index < -0.39 is 0 Å². The lowest BCUT2D eigenvalue weighted by Crippen LogP contribution is -1.77. The number of H-pyrrole nitrogens is 1. The van der Waals surface area contributed by atoms with Gasteiger partial charge in [0.15, 0.2) is 0 Å². The maximum absolute atomic E-state index is 13.2. The van der Waals surface area contributed by atoms with E-state index in [1.807, 2.05) is 30.4 Å². The van der Waals surface area contributed by atoms with Crippen molar-refractivity contribution in [3.8, 4) is 0 Å². The summed E-state index contributed by atoms with van der Waals surface area (Å²) in [6.45, 7) is 0. The number of pyridine rings is 1. The van der Waals surface area contributed by atoms with Gasteiger partial charge < -0.3 is 4.98 Å². The minimum Gasteiger partial charge on any atom is -0.339 e. The second-order valence-corrected chi connectivity index (χ2v) is 5.74. The van der Waals surface area contributed by atoms with E-state index in [0.717, 1.165) is 33.1 Å². The number of nitrogens with zero attached hydrogens (tertiary/aromatic N) is 1. The zero-order chi connectivity index (χ0) is 15.8. The standard InChI is InChI=1S/C19H12ClFN2/c20-16-8-9-22-19-18(16)15-11-13(6-7-17(15)23-19)5-4-12-2-1-3-14(21)10-12/h1-11H,(H,22,23). The summed E-state index contributed by atoms with van der Waals surface area (Å²) in [6.07, 6.45) is 5.53. The van der Waals surface area contributed by atoms with Gasteiger partial charge in [0.1, 0.15) is 11.5 Å². The average molecular weight is 323 g/mol. The summed E-state index contributed by atoms with van der Waals surface area (Å²) in [7, 11) is 0. The smallest absolute Gasteiger partial charge is 0.139 e. The molecule has 0 saturated carbocycles. The number of aromatic amines is 1. The van der Waals surface area contributed by atoms with Crippen LogP contribution in [0.1, 0.15) is 11.1 Å². The van der Waals surface area contributed by atoms with Gasteiger partial charge in [-0.3, -0.25) is 0 Å². The molecule has 0 aliphatic heterocycles. The zero-order valence-corrected chi connectivity index (χ0v) is 12.8. The molecule has 2 heterocycles. The third-order valence-electron chi connectivity index (χ3n) is 3.78. The van der Waals surface area contributed by atoms with E-state index >= 15 is 0 Å². The lowest BCUT2D eigenvalue weighted by molar-refractivity contribution is 0.627. The monoisotopic (exact) mass is 322 g/mol. The summed E-state index contributed by atoms with van der Waals surface area (Å²) in [5.41, 5.74) is 3.61. The van der Waals surface area contributed by atoms with E-state index in [9.17, 15) is 4.39 Å². The fraction of sp³-hybridized carbons (Fsp3) is 0. The van der Waals surface area contributed by atoms with E-state index in [4.69, 9.17) is 11.6 Å². The summed E-state index contributed by atoms with van der Waals surface area (Å²) < 4.78 is 13.2. The molecule has 0 spiro atoms. The number of hydrogen-bond donors (Lipinski definition) is 1. The van der Waals surface area contributed by atoms with Crippen LogP contribution in [-0.2, 0) is 0 Å². The molecule has 112 valence electrons. The van der Waals surface area contributed by atoms with Crippen molar-refractivity contribution in [2.45, 2.75) is 0 Å². The first-order chi connectivity index (χ1) is 11.2. The second-order valence-electron chi connectivity index (χ2n) is 5.33. The largest absolute Gasteiger partial charge is 0.339 e. The highest BCUT2D eigenvalue weighted by Crippen LogP contribution is 2.30. The van der Waals surface area contributed by atoms with Crippen molar-refractivity contribution >= 4 is 45.7 Å². The number of fused-ring (bicyclic) bond motifs is 3. The van der Waals surface area contributed by atoms with E-state index in [1.54, 1.807) is 18.3 Å². The molecular weight excluding hydrogens is 311 g/mol. The number of nitrogens with one attached hydrogen (secondary N) is 1. The van der Waals surface area contributed by atoms with E-state index in [2.05, 4.69) is 16.0 Å². The van der Waals surface area contributed by atoms with Crippen LogP contribution in [0.2, 0.25) is 5.02 Å². The van der Waals surface area contributed by atoms with Crippen LogP contribution in [0.25, 0.3) is 34.1 Å². The molecule has 0 bridgehead atoms. The van der Waals surface area contributed by atoms with E-state index in [1.165, 1.54) is 12.1 Å². The summed E-state index contributed by atoms with van der Waals surface area (Å²) in [5.74, 6) is -0.239. The van der Waals surface area contributed by atoms with Crippen molar-refractivity contribution in [2.24, 2.45) is 0 Å². The third kappa shape index (κ3) is 2.60. The zero-order valence-electron chi connectivity index (χ0n) is 12.1. The number of halogens is 2. The molecule has 0 radical (unpaired) electrons. The van der Waals surface area contributed by atoms with Gasteiger partial charge in [0.05, 0.1) is 5.02 Å². The molecule has 4 aromatic rings. The average Bonchev–Trinajstić information content (AvgIpc) is 2.92. The second kappa shape index (κ2) is 5.52. The van der Waals surface area contributed by atoms with E-state index in [-0.39, 0.29) is 5.82 Å². The molecule has 0 saturated heterocycles. The van der Waals surface area contributed by atoms with Gasteiger partial charge in [-0.25, -0.2) is 9.37 Å². The molecule has 2 aromatic heterocycles. The molecule has 2 nitrogen and oxygen atoms in total. The number of aromatic nitrogens is 2. The van der Waals surface area contributed by atoms with Gasteiger partial charge >= 0.3 is 0 Å². The molecule has 0 fully saturated rings. The maximum Gasteiger partial charge on any atom is 0.139 e. The molecule has 23 heavy (non-hydrogen) atoms. The Morgan fingerprint density at radius 3 is 2.65 bits per heavy atom. The summed E-state index contributed by atoms with van der Waals surface area (Å²) in [4.78, 5) is 7.57. The summed E-state index contributed by atoms with van der Waals surface area (Å²) in [5, 5.41) is 2.62. The number of hydrogen-bond acceptors (Lipinski definition) is 1. The normalized spacial score (nSPS) is 11.7. The van der Waals surface area contributed by atoms with Gasteiger partial charge in [0.2, 0.25) is 0 Å². The Labute approximate surface area is 137 Å². The Balaban J connectivity index is 1.81. The lowest BCUT2D eigenvalue weighted by atomic mass is 10.1. The van der Waals surface area contributed by atoms with Crippen molar-refractivity contribution < 1.29 is 4.39 Å². The van der Waals surface area contributed by atoms with Crippen LogP contribution in [-0.4, -0.2) is 9.97 Å². The fourth-order valence-electron chi connectivity index (χ4n) is 2.70. The molecule has 1 N–H and O–H groups in total. The Hall–Kier alpha value is -2.65. The van der Waals surface area contributed by atoms with Gasteiger partial charge in [-0.15, -0.1) is 0 Å². The van der Waals surface area contributed by atoms with Crippen molar-refractivity contribution in [3.05, 3.63) is 76.7 Å². The quantitative estimate of drug-likeness (QED) is 0.473. The van der Waals surface area contributed by atoms with Crippen molar-refractivity contribution in [2.75, 3.05) is 0 Å². The molecule has 0 aliphatic carbocycles. The first-order valence-electron chi connectivity index (χ1n) is 7.20. The van der Waals surface area contributed by atoms with E-state index in [0.29, 0.717) is 5.02 Å². The number of benzene rings is 2. The van der Waals surface area contributed by atoms with Crippen LogP contribution in [0.15, 0.2) is 54.7 Å². The molecule has 0 amide bonds. The fourth-order valence-corrected chi connectivity index (χ4v) is 2.95. The van der Waals surface area contributed by atoms with Gasteiger partial charge in [-0.1, -0.05) is 42.0 Å². The van der Waals surface area contributed by atoms with Crippen LogP contribution in [0.4, 0.5) is 4.39 Å². The highest BCUT2D eigenvalue weighted by atomic mass is 35.5. The van der Waals surface area contributed by atoms with Crippen LogP contribution >= 0.6 is 11.6 Å². The third-order valence-corrected chi connectivity index (χ3v) is 4.10. The molecule has 4 rings (SSSR count). The molecule has 2 aromatic carbocycles. The maximum atomic E-state index is 13.2. The van der Waals surface area contributed by atoms with Gasteiger partial charge in [0.25, 0.3) is 0 Å². The van der Waals surface area contributed by atoms with Crippen LogP contribution in [0.3, 0.4) is 0 Å². The lowest BCUT2D eigenvalue weighted by Gasteiger charge is -1.97. The highest BCUT2D eigenvalue weighted by molar-refractivity contribution is 6.37. The van der Waals surface area contributed by atoms with Crippen LogP contribution < -0.4 is 0 Å². The first kappa shape index (κ1) is 14.0. The minimum absolute atomic E-state index is 0.239. The highest BCUT2D eigenvalue weighted by Gasteiger charge is 2.08. The predicted molar refractivity (Wildman–Crippen MR) is 93.9 cm³/mol. The molecule has 0 atom stereocenters.